The molecule has 302 valence electrons. The minimum absolute atomic E-state index is 0.458. The third-order valence-electron chi connectivity index (χ3n) is 13.6. The van der Waals surface area contributed by atoms with Crippen LogP contribution < -0.4 is 14.4 Å². The van der Waals surface area contributed by atoms with E-state index in [4.69, 9.17) is 9.47 Å². The van der Waals surface area contributed by atoms with Crippen molar-refractivity contribution in [3.05, 3.63) is 252 Å². The van der Waals surface area contributed by atoms with E-state index >= 15 is 0 Å². The van der Waals surface area contributed by atoms with Crippen LogP contribution in [-0.4, -0.2) is 0 Å². The maximum absolute atomic E-state index is 6.93. The molecule has 0 fully saturated rings. The van der Waals surface area contributed by atoms with Crippen molar-refractivity contribution >= 4 is 22.6 Å². The summed E-state index contributed by atoms with van der Waals surface area (Å²) in [6, 6.07) is 74.4. The number of benzene rings is 9. The SMILES string of the molecule is C1=CCCC(c2ccccc2-c2ccc(N(c3ccc(-c4ccccc4)cc3)c3ccc4c(c3)Oc3cc5c(cc3O4)C3(c4ccccc4-c4ccccc43)c3ccccc3-5)cc2)=C1. The summed E-state index contributed by atoms with van der Waals surface area (Å²) in [6.45, 7) is 0. The molecular formula is C61H41NO2. The first-order valence-corrected chi connectivity index (χ1v) is 22.2. The van der Waals surface area contributed by atoms with Crippen LogP contribution in [0.15, 0.2) is 224 Å². The molecule has 0 atom stereocenters. The van der Waals surface area contributed by atoms with Crippen LogP contribution in [0.25, 0.3) is 50.1 Å². The molecule has 3 nitrogen and oxygen atoms in total. The lowest BCUT2D eigenvalue weighted by molar-refractivity contribution is 0.359. The molecule has 3 aliphatic carbocycles. The maximum Gasteiger partial charge on any atom is 0.172 e. The number of nitrogens with zero attached hydrogens (tertiary/aromatic N) is 1. The fraction of sp³-hybridized carbons (Fsp3) is 0.0492. The third-order valence-corrected chi connectivity index (χ3v) is 13.6. The Morgan fingerprint density at radius 2 is 0.859 bits per heavy atom. The normalized spacial score (nSPS) is 14.2. The van der Waals surface area contributed by atoms with E-state index in [0.717, 1.165) is 35.7 Å². The van der Waals surface area contributed by atoms with Crippen molar-refractivity contribution < 1.29 is 9.47 Å². The Kier molecular flexibility index (Phi) is 8.26. The van der Waals surface area contributed by atoms with Crippen molar-refractivity contribution in [2.75, 3.05) is 4.90 Å². The molecule has 0 aromatic heterocycles. The molecule has 1 spiro atoms. The summed E-state index contributed by atoms with van der Waals surface area (Å²) in [5.41, 5.74) is 20.1. The minimum atomic E-state index is -0.458. The summed E-state index contributed by atoms with van der Waals surface area (Å²) in [6.07, 6.45) is 8.80. The van der Waals surface area contributed by atoms with Gasteiger partial charge in [0.15, 0.2) is 23.0 Å². The highest BCUT2D eigenvalue weighted by Crippen LogP contribution is 2.64. The predicted molar refractivity (Wildman–Crippen MR) is 261 cm³/mol. The molecule has 13 rings (SSSR count). The molecule has 1 heterocycles. The van der Waals surface area contributed by atoms with Crippen LogP contribution in [0.2, 0.25) is 0 Å². The van der Waals surface area contributed by atoms with Gasteiger partial charge in [-0.3, -0.25) is 0 Å². The molecule has 1 aliphatic heterocycles. The van der Waals surface area contributed by atoms with Gasteiger partial charge in [-0.2, -0.15) is 0 Å². The van der Waals surface area contributed by atoms with Crippen LogP contribution in [0.1, 0.15) is 40.7 Å². The smallest absolute Gasteiger partial charge is 0.172 e. The minimum Gasteiger partial charge on any atom is -0.449 e. The lowest BCUT2D eigenvalue weighted by atomic mass is 9.70. The van der Waals surface area contributed by atoms with Crippen molar-refractivity contribution in [3.8, 4) is 67.5 Å². The Hall–Kier alpha value is -8.14. The van der Waals surface area contributed by atoms with E-state index in [0.29, 0.717) is 17.2 Å². The topological polar surface area (TPSA) is 21.7 Å². The molecule has 0 bridgehead atoms. The van der Waals surface area contributed by atoms with Crippen molar-refractivity contribution in [2.45, 2.75) is 18.3 Å². The molecule has 0 N–H and O–H groups in total. The second-order valence-corrected chi connectivity index (χ2v) is 17.1. The first-order valence-electron chi connectivity index (χ1n) is 22.2. The summed E-state index contributed by atoms with van der Waals surface area (Å²) in [7, 11) is 0. The van der Waals surface area contributed by atoms with Crippen LogP contribution in [-0.2, 0) is 5.41 Å². The van der Waals surface area contributed by atoms with Crippen LogP contribution in [0.5, 0.6) is 23.0 Å². The van der Waals surface area contributed by atoms with Crippen molar-refractivity contribution in [1.82, 2.24) is 0 Å². The van der Waals surface area contributed by atoms with Gasteiger partial charge in [0.05, 0.1) is 11.1 Å². The number of anilines is 3. The molecule has 0 saturated heterocycles. The second kappa shape index (κ2) is 14.5. The van der Waals surface area contributed by atoms with E-state index in [-0.39, 0.29) is 0 Å². The number of allylic oxidation sites excluding steroid dienone is 4. The number of rotatable bonds is 6. The number of hydrogen-bond acceptors (Lipinski definition) is 3. The van der Waals surface area contributed by atoms with Crippen LogP contribution in [0.4, 0.5) is 17.1 Å². The highest BCUT2D eigenvalue weighted by atomic mass is 16.6. The van der Waals surface area contributed by atoms with Gasteiger partial charge in [-0.1, -0.05) is 170 Å². The van der Waals surface area contributed by atoms with Crippen molar-refractivity contribution in [2.24, 2.45) is 0 Å². The Balaban J connectivity index is 0.902. The molecule has 64 heavy (non-hydrogen) atoms. The van der Waals surface area contributed by atoms with Gasteiger partial charge in [0, 0.05) is 17.4 Å². The van der Waals surface area contributed by atoms with Crippen LogP contribution in [0, 0.1) is 0 Å². The van der Waals surface area contributed by atoms with Crippen molar-refractivity contribution in [3.63, 3.8) is 0 Å². The molecular weight excluding hydrogens is 779 g/mol. The van der Waals surface area contributed by atoms with Gasteiger partial charge in [-0.25, -0.2) is 0 Å². The van der Waals surface area contributed by atoms with Gasteiger partial charge in [-0.05, 0) is 139 Å². The van der Waals surface area contributed by atoms with Crippen LogP contribution >= 0.6 is 0 Å². The van der Waals surface area contributed by atoms with Crippen LogP contribution in [0.3, 0.4) is 0 Å². The molecule has 0 radical (unpaired) electrons. The van der Waals surface area contributed by atoms with Gasteiger partial charge < -0.3 is 14.4 Å². The summed E-state index contributed by atoms with van der Waals surface area (Å²) < 4.78 is 13.8. The number of hydrogen-bond donors (Lipinski definition) is 0. The fourth-order valence-corrected chi connectivity index (χ4v) is 10.8. The summed E-state index contributed by atoms with van der Waals surface area (Å²) in [5.74, 6) is 2.79. The van der Waals surface area contributed by atoms with Gasteiger partial charge in [0.2, 0.25) is 0 Å². The summed E-state index contributed by atoms with van der Waals surface area (Å²) >= 11 is 0. The Bertz CT molecular complexity index is 3330. The van der Waals surface area contributed by atoms with Gasteiger partial charge in [0.1, 0.15) is 0 Å². The van der Waals surface area contributed by atoms with E-state index in [2.05, 4.69) is 223 Å². The summed E-state index contributed by atoms with van der Waals surface area (Å²) in [4.78, 5) is 2.30. The van der Waals surface area contributed by atoms with Gasteiger partial charge in [0.25, 0.3) is 0 Å². The highest BCUT2D eigenvalue weighted by Gasteiger charge is 2.52. The fourth-order valence-electron chi connectivity index (χ4n) is 10.8. The zero-order valence-corrected chi connectivity index (χ0v) is 35.0. The lowest BCUT2D eigenvalue weighted by Crippen LogP contribution is -2.25. The molecule has 0 unspecified atom stereocenters. The highest BCUT2D eigenvalue weighted by molar-refractivity contribution is 5.96. The average molecular weight is 820 g/mol. The zero-order chi connectivity index (χ0) is 42.2. The van der Waals surface area contributed by atoms with E-state index < -0.39 is 5.41 Å². The number of ether oxygens (including phenoxy) is 2. The summed E-state index contributed by atoms with van der Waals surface area (Å²) in [5, 5.41) is 0. The van der Waals surface area contributed by atoms with E-state index in [1.165, 1.54) is 77.9 Å². The van der Waals surface area contributed by atoms with E-state index in [1.807, 2.05) is 6.07 Å². The predicted octanol–water partition coefficient (Wildman–Crippen LogP) is 16.5. The molecule has 9 aromatic carbocycles. The van der Waals surface area contributed by atoms with Gasteiger partial charge >= 0.3 is 0 Å². The lowest BCUT2D eigenvalue weighted by Gasteiger charge is -2.31. The first-order chi connectivity index (χ1) is 31.7. The molecule has 4 aliphatic rings. The maximum atomic E-state index is 6.93. The molecule has 0 amide bonds. The zero-order valence-electron chi connectivity index (χ0n) is 35.0. The third kappa shape index (κ3) is 5.54. The monoisotopic (exact) mass is 819 g/mol. The average Bonchev–Trinajstić information content (AvgIpc) is 3.83. The molecule has 0 saturated carbocycles. The van der Waals surface area contributed by atoms with E-state index in [9.17, 15) is 0 Å². The second-order valence-electron chi connectivity index (χ2n) is 17.1. The van der Waals surface area contributed by atoms with Gasteiger partial charge in [-0.15, -0.1) is 0 Å². The van der Waals surface area contributed by atoms with E-state index in [1.54, 1.807) is 0 Å². The Morgan fingerprint density at radius 1 is 0.359 bits per heavy atom. The standard InChI is InChI=1S/C61H41NO2/c1-3-15-40(16-4-1)41-27-31-44(32-28-41)62(45-33-29-43(30-34-45)48-20-8-7-19-47(48)42-17-5-2-6-18-42)46-35-36-57-58(37-46)64-59-38-52-51-23-11-14-26-55(51)61(56(52)39-60(59)63-57)53-24-12-9-21-49(53)50-22-10-13-25-54(50)61/h1-5,7-17,19-39H,6,18H2. The molecule has 9 aromatic rings. The van der Waals surface area contributed by atoms with Crippen molar-refractivity contribution in [1.29, 1.82) is 0 Å². The first kappa shape index (κ1) is 36.5. The number of fused-ring (bicyclic) bond motifs is 12. The quantitative estimate of drug-likeness (QED) is 0.167. The Morgan fingerprint density at radius 3 is 1.50 bits per heavy atom. The molecule has 3 heteroatoms. The largest absolute Gasteiger partial charge is 0.449 e. The Labute approximate surface area is 373 Å².